The van der Waals surface area contributed by atoms with Gasteiger partial charge in [0.15, 0.2) is 0 Å². The number of aliphatic hydroxyl groups excluding tert-OH is 1. The van der Waals surface area contributed by atoms with E-state index in [0.717, 1.165) is 16.6 Å². The van der Waals surface area contributed by atoms with Crippen LogP contribution in [0.15, 0.2) is 15.9 Å². The van der Waals surface area contributed by atoms with Crippen LogP contribution in [-0.4, -0.2) is 22.2 Å². The Morgan fingerprint density at radius 1 is 1.57 bits per heavy atom. The molecule has 0 bridgehead atoms. The highest BCUT2D eigenvalue weighted by atomic mass is 79.9. The van der Waals surface area contributed by atoms with Crippen LogP contribution in [0, 0.1) is 0 Å². The molecule has 1 N–H and O–H groups in total. The van der Waals surface area contributed by atoms with Crippen molar-refractivity contribution in [2.75, 3.05) is 5.75 Å². The quantitative estimate of drug-likeness (QED) is 0.896. The van der Waals surface area contributed by atoms with Gasteiger partial charge in [0.05, 0.1) is 6.10 Å². The van der Waals surface area contributed by atoms with E-state index >= 15 is 0 Å². The Balaban J connectivity index is 2.34. The van der Waals surface area contributed by atoms with Gasteiger partial charge in [0.1, 0.15) is 0 Å². The van der Waals surface area contributed by atoms with E-state index in [2.05, 4.69) is 29.8 Å². The van der Waals surface area contributed by atoms with Gasteiger partial charge < -0.3 is 5.11 Å². The number of thiophene rings is 1. The topological polar surface area (TPSA) is 20.2 Å². The number of hydrogen-bond donors (Lipinski definition) is 1. The first-order valence-electron chi connectivity index (χ1n) is 4.61. The second-order valence-electron chi connectivity index (χ2n) is 3.43. The van der Waals surface area contributed by atoms with Gasteiger partial charge in [-0.1, -0.05) is 13.8 Å². The zero-order valence-electron chi connectivity index (χ0n) is 8.37. The zero-order chi connectivity index (χ0) is 10.6. The third-order valence-electron chi connectivity index (χ3n) is 1.73. The van der Waals surface area contributed by atoms with Crippen LogP contribution in [0.1, 0.15) is 18.7 Å². The van der Waals surface area contributed by atoms with Crippen LogP contribution < -0.4 is 0 Å². The molecule has 0 aliphatic carbocycles. The Hall–Kier alpha value is 0.490. The second-order valence-corrected chi connectivity index (χ2v) is 6.90. The lowest BCUT2D eigenvalue weighted by molar-refractivity contribution is 0.201. The molecule has 0 aliphatic rings. The second kappa shape index (κ2) is 6.16. The van der Waals surface area contributed by atoms with E-state index in [0.29, 0.717) is 5.25 Å². The molecule has 1 unspecified atom stereocenters. The van der Waals surface area contributed by atoms with Gasteiger partial charge in [0.25, 0.3) is 0 Å². The lowest BCUT2D eigenvalue weighted by Gasteiger charge is -2.11. The Labute approximate surface area is 102 Å². The molecule has 1 heterocycles. The summed E-state index contributed by atoms with van der Waals surface area (Å²) in [4.78, 5) is 1.24. The van der Waals surface area contributed by atoms with Gasteiger partial charge in [-0.2, -0.15) is 11.8 Å². The molecule has 0 aromatic carbocycles. The fourth-order valence-corrected chi connectivity index (χ4v) is 3.36. The van der Waals surface area contributed by atoms with E-state index < -0.39 is 0 Å². The van der Waals surface area contributed by atoms with Crippen molar-refractivity contribution in [2.24, 2.45) is 0 Å². The van der Waals surface area contributed by atoms with Crippen LogP contribution in [0.4, 0.5) is 0 Å². The van der Waals surface area contributed by atoms with Crippen molar-refractivity contribution >= 4 is 39.0 Å². The summed E-state index contributed by atoms with van der Waals surface area (Å²) in [6.45, 7) is 4.30. The SMILES string of the molecule is CC(C)SCC(O)Cc1sccc1Br. The van der Waals surface area contributed by atoms with E-state index in [-0.39, 0.29) is 6.10 Å². The normalized spacial score (nSPS) is 13.5. The smallest absolute Gasteiger partial charge is 0.0679 e. The summed E-state index contributed by atoms with van der Waals surface area (Å²) >= 11 is 6.97. The van der Waals surface area contributed by atoms with Gasteiger partial charge >= 0.3 is 0 Å². The third-order valence-corrected chi connectivity index (χ3v) is 4.93. The number of thioether (sulfide) groups is 1. The first-order valence-corrected chi connectivity index (χ1v) is 7.33. The zero-order valence-corrected chi connectivity index (χ0v) is 11.6. The summed E-state index contributed by atoms with van der Waals surface area (Å²) in [5, 5.41) is 12.4. The highest BCUT2D eigenvalue weighted by molar-refractivity contribution is 9.10. The molecule has 0 amide bonds. The van der Waals surface area contributed by atoms with Crippen molar-refractivity contribution in [3.63, 3.8) is 0 Å². The minimum absolute atomic E-state index is 0.225. The van der Waals surface area contributed by atoms with Crippen molar-refractivity contribution in [2.45, 2.75) is 31.6 Å². The predicted molar refractivity (Wildman–Crippen MR) is 69.3 cm³/mol. The maximum absolute atomic E-state index is 9.76. The van der Waals surface area contributed by atoms with Crippen molar-refractivity contribution in [1.82, 2.24) is 0 Å². The molecule has 80 valence electrons. The highest BCUT2D eigenvalue weighted by Crippen LogP contribution is 2.25. The largest absolute Gasteiger partial charge is 0.392 e. The first kappa shape index (κ1) is 12.6. The van der Waals surface area contributed by atoms with E-state index in [1.54, 1.807) is 23.1 Å². The molecule has 1 atom stereocenters. The molecule has 0 radical (unpaired) electrons. The van der Waals surface area contributed by atoms with Crippen LogP contribution in [0.25, 0.3) is 0 Å². The van der Waals surface area contributed by atoms with E-state index in [1.165, 1.54) is 4.88 Å². The summed E-state index contributed by atoms with van der Waals surface area (Å²) in [6, 6.07) is 2.03. The molecule has 0 spiro atoms. The maximum Gasteiger partial charge on any atom is 0.0679 e. The molecule has 14 heavy (non-hydrogen) atoms. The van der Waals surface area contributed by atoms with E-state index in [9.17, 15) is 5.11 Å². The third kappa shape index (κ3) is 4.34. The molecule has 1 aromatic heterocycles. The Kier molecular flexibility index (Phi) is 5.52. The van der Waals surface area contributed by atoms with E-state index in [1.807, 2.05) is 11.4 Å². The summed E-state index contributed by atoms with van der Waals surface area (Å²) in [5.41, 5.74) is 0. The van der Waals surface area contributed by atoms with Crippen LogP contribution >= 0.6 is 39.0 Å². The molecule has 0 aliphatic heterocycles. The molecular weight excluding hydrogens is 280 g/mol. The fraction of sp³-hybridized carbons (Fsp3) is 0.600. The van der Waals surface area contributed by atoms with Gasteiger partial charge in [-0.15, -0.1) is 11.3 Å². The maximum atomic E-state index is 9.76. The van der Waals surface area contributed by atoms with Crippen LogP contribution in [-0.2, 0) is 6.42 Å². The number of hydrogen-bond acceptors (Lipinski definition) is 3. The van der Waals surface area contributed by atoms with Crippen molar-refractivity contribution in [3.8, 4) is 0 Å². The van der Waals surface area contributed by atoms with Crippen LogP contribution in [0.2, 0.25) is 0 Å². The summed E-state index contributed by atoms with van der Waals surface area (Å²) in [7, 11) is 0. The van der Waals surface area contributed by atoms with Crippen molar-refractivity contribution < 1.29 is 5.11 Å². The van der Waals surface area contributed by atoms with Gasteiger partial charge in [-0.3, -0.25) is 0 Å². The van der Waals surface area contributed by atoms with Gasteiger partial charge in [-0.25, -0.2) is 0 Å². The monoisotopic (exact) mass is 294 g/mol. The van der Waals surface area contributed by atoms with Crippen LogP contribution in [0.3, 0.4) is 0 Å². The summed E-state index contributed by atoms with van der Waals surface area (Å²) < 4.78 is 1.12. The van der Waals surface area contributed by atoms with Crippen molar-refractivity contribution in [3.05, 3.63) is 20.8 Å². The molecular formula is C10H15BrOS2. The van der Waals surface area contributed by atoms with Gasteiger partial charge in [0, 0.05) is 21.5 Å². The lowest BCUT2D eigenvalue weighted by Crippen LogP contribution is -2.14. The average Bonchev–Trinajstić information content (AvgIpc) is 2.49. The molecule has 0 fully saturated rings. The van der Waals surface area contributed by atoms with Crippen molar-refractivity contribution in [1.29, 1.82) is 0 Å². The fourth-order valence-electron chi connectivity index (χ4n) is 1.05. The van der Waals surface area contributed by atoms with Gasteiger partial charge in [0.2, 0.25) is 0 Å². The standard InChI is InChI=1S/C10H15BrOS2/c1-7(2)14-6-8(12)5-10-9(11)3-4-13-10/h3-4,7-8,12H,5-6H2,1-2H3. The summed E-state index contributed by atoms with van der Waals surface area (Å²) in [5.74, 6) is 0.821. The Morgan fingerprint density at radius 3 is 2.79 bits per heavy atom. The molecule has 1 aromatic rings. The number of aliphatic hydroxyl groups is 1. The van der Waals surface area contributed by atoms with Gasteiger partial charge in [-0.05, 0) is 32.6 Å². The first-order chi connectivity index (χ1) is 6.59. The predicted octanol–water partition coefficient (Wildman–Crippen LogP) is 3.56. The van der Waals surface area contributed by atoms with E-state index in [4.69, 9.17) is 0 Å². The van der Waals surface area contributed by atoms with Crippen LogP contribution in [0.5, 0.6) is 0 Å². The highest BCUT2D eigenvalue weighted by Gasteiger charge is 2.10. The number of rotatable bonds is 5. The molecule has 1 nitrogen and oxygen atoms in total. The minimum atomic E-state index is -0.225. The minimum Gasteiger partial charge on any atom is -0.392 e. The molecule has 0 saturated carbocycles. The molecule has 1 rings (SSSR count). The number of halogens is 1. The molecule has 0 saturated heterocycles. The Morgan fingerprint density at radius 2 is 2.29 bits per heavy atom. The summed E-state index contributed by atoms with van der Waals surface area (Å²) in [6.07, 6.45) is 0.537. The molecule has 4 heteroatoms. The average molecular weight is 295 g/mol. The Bertz CT molecular complexity index is 273. The lowest BCUT2D eigenvalue weighted by atomic mass is 10.2.